The summed E-state index contributed by atoms with van der Waals surface area (Å²) in [5.74, 6) is 0. The van der Waals surface area contributed by atoms with Crippen molar-refractivity contribution in [1.82, 2.24) is 0 Å². The van der Waals surface area contributed by atoms with Gasteiger partial charge in [-0.2, -0.15) is 0 Å². The maximum atomic E-state index is 5.59. The molecule has 0 amide bonds. The second-order valence-corrected chi connectivity index (χ2v) is 4.56. The minimum Gasteiger partial charge on any atom is -0.383 e. The third-order valence-corrected chi connectivity index (χ3v) is 3.22. The number of nitrogens with two attached hydrogens (primary N) is 1. The number of benzene rings is 1. The Morgan fingerprint density at radius 1 is 1.41 bits per heavy atom. The van der Waals surface area contributed by atoms with Crippen molar-refractivity contribution >= 4 is 5.69 Å². The van der Waals surface area contributed by atoms with Crippen LogP contribution < -0.4 is 10.6 Å². The number of ether oxygens (including phenoxy) is 1. The number of anilines is 1. The largest absolute Gasteiger partial charge is 0.383 e. The van der Waals surface area contributed by atoms with Gasteiger partial charge in [0, 0.05) is 25.9 Å². The predicted octanol–water partition coefficient (Wildman–Crippen LogP) is 1.97. The van der Waals surface area contributed by atoms with E-state index in [9.17, 15) is 0 Å². The van der Waals surface area contributed by atoms with Gasteiger partial charge in [0.15, 0.2) is 0 Å². The summed E-state index contributed by atoms with van der Waals surface area (Å²) in [6.45, 7) is 5.74. The molecule has 0 bridgehead atoms. The van der Waals surface area contributed by atoms with Crippen LogP contribution in [-0.4, -0.2) is 33.4 Å². The van der Waals surface area contributed by atoms with Crippen LogP contribution >= 0.6 is 0 Å². The van der Waals surface area contributed by atoms with Gasteiger partial charge in [0.2, 0.25) is 0 Å². The van der Waals surface area contributed by atoms with Crippen LogP contribution in [0.15, 0.2) is 18.2 Å². The zero-order valence-electron chi connectivity index (χ0n) is 11.4. The van der Waals surface area contributed by atoms with E-state index in [0.717, 1.165) is 13.0 Å². The smallest absolute Gasteiger partial charge is 0.0663 e. The van der Waals surface area contributed by atoms with Crippen molar-refractivity contribution in [3.8, 4) is 0 Å². The molecule has 3 nitrogen and oxygen atoms in total. The third kappa shape index (κ3) is 3.72. The Morgan fingerprint density at radius 3 is 2.65 bits per heavy atom. The maximum absolute atomic E-state index is 5.59. The number of nitrogens with zero attached hydrogens (tertiary/aromatic N) is 1. The van der Waals surface area contributed by atoms with Crippen molar-refractivity contribution < 1.29 is 4.74 Å². The molecule has 1 aromatic rings. The van der Waals surface area contributed by atoms with Crippen molar-refractivity contribution in [3.05, 3.63) is 29.3 Å². The number of hydrogen-bond donors (Lipinski definition) is 1. The van der Waals surface area contributed by atoms with E-state index in [1.54, 1.807) is 7.11 Å². The highest BCUT2D eigenvalue weighted by molar-refractivity contribution is 5.51. The van der Waals surface area contributed by atoms with E-state index in [1.807, 2.05) is 0 Å². The number of methoxy groups -OCH3 is 1. The predicted molar refractivity (Wildman–Crippen MR) is 73.7 cm³/mol. The summed E-state index contributed by atoms with van der Waals surface area (Å²) in [4.78, 5) is 2.24. The number of likely N-dealkylation sites (N-methyl/N-ethyl adjacent to an activating group) is 1. The molecule has 0 saturated heterocycles. The van der Waals surface area contributed by atoms with Gasteiger partial charge in [-0.15, -0.1) is 0 Å². The summed E-state index contributed by atoms with van der Waals surface area (Å²) in [5, 5.41) is 0. The molecule has 1 rings (SSSR count). The first-order valence-electron chi connectivity index (χ1n) is 6.11. The molecular formula is C14H24N2O. The minimum atomic E-state index is 0.375. The van der Waals surface area contributed by atoms with E-state index in [2.05, 4.69) is 44.0 Å². The quantitative estimate of drug-likeness (QED) is 0.820. The number of rotatable bonds is 6. The van der Waals surface area contributed by atoms with Crippen molar-refractivity contribution in [2.24, 2.45) is 5.73 Å². The SMILES string of the molecule is COCC(C)N(C)c1ccc(CCN)c(C)c1. The van der Waals surface area contributed by atoms with Crippen LogP contribution in [0.2, 0.25) is 0 Å². The normalized spacial score (nSPS) is 12.5. The first-order chi connectivity index (χ1) is 8.10. The molecule has 0 aliphatic rings. The zero-order valence-corrected chi connectivity index (χ0v) is 11.4. The molecule has 0 spiro atoms. The van der Waals surface area contributed by atoms with E-state index >= 15 is 0 Å². The van der Waals surface area contributed by atoms with E-state index in [4.69, 9.17) is 10.5 Å². The molecule has 0 heterocycles. The lowest BCUT2D eigenvalue weighted by Crippen LogP contribution is -2.32. The van der Waals surface area contributed by atoms with Gasteiger partial charge in [0.1, 0.15) is 0 Å². The Hall–Kier alpha value is -1.06. The van der Waals surface area contributed by atoms with Crippen molar-refractivity contribution in [2.45, 2.75) is 26.3 Å². The lowest BCUT2D eigenvalue weighted by Gasteiger charge is -2.27. The molecule has 1 atom stereocenters. The standard InChI is InChI=1S/C14H24N2O/c1-11-9-14(6-5-13(11)7-8-15)16(3)12(2)10-17-4/h5-6,9,12H,7-8,10,15H2,1-4H3. The molecule has 17 heavy (non-hydrogen) atoms. The fourth-order valence-electron chi connectivity index (χ4n) is 1.94. The molecule has 0 radical (unpaired) electrons. The topological polar surface area (TPSA) is 38.5 Å². The van der Waals surface area contributed by atoms with Gasteiger partial charge >= 0.3 is 0 Å². The lowest BCUT2D eigenvalue weighted by atomic mass is 10.0. The summed E-state index contributed by atoms with van der Waals surface area (Å²) >= 11 is 0. The van der Waals surface area contributed by atoms with Crippen molar-refractivity contribution in [3.63, 3.8) is 0 Å². The molecule has 3 heteroatoms. The first-order valence-corrected chi connectivity index (χ1v) is 6.11. The molecule has 0 fully saturated rings. The van der Waals surface area contributed by atoms with Crippen LogP contribution in [0.5, 0.6) is 0 Å². The Morgan fingerprint density at radius 2 is 2.12 bits per heavy atom. The van der Waals surface area contributed by atoms with E-state index in [-0.39, 0.29) is 0 Å². The highest BCUT2D eigenvalue weighted by Crippen LogP contribution is 2.20. The fourth-order valence-corrected chi connectivity index (χ4v) is 1.94. The minimum absolute atomic E-state index is 0.375. The zero-order chi connectivity index (χ0) is 12.8. The van der Waals surface area contributed by atoms with E-state index in [1.165, 1.54) is 16.8 Å². The molecular weight excluding hydrogens is 212 g/mol. The second-order valence-electron chi connectivity index (χ2n) is 4.56. The van der Waals surface area contributed by atoms with Gasteiger partial charge in [-0.25, -0.2) is 0 Å². The molecule has 96 valence electrons. The van der Waals surface area contributed by atoms with Crippen LogP contribution in [0.25, 0.3) is 0 Å². The second kappa shape index (κ2) is 6.62. The fraction of sp³-hybridized carbons (Fsp3) is 0.571. The van der Waals surface area contributed by atoms with E-state index in [0.29, 0.717) is 12.6 Å². The Labute approximate surface area is 105 Å². The number of hydrogen-bond acceptors (Lipinski definition) is 3. The van der Waals surface area contributed by atoms with Gasteiger partial charge in [0.25, 0.3) is 0 Å². The molecule has 0 saturated carbocycles. The van der Waals surface area contributed by atoms with Gasteiger partial charge in [-0.1, -0.05) is 6.07 Å². The summed E-state index contributed by atoms with van der Waals surface area (Å²) in [5.41, 5.74) is 9.46. The molecule has 2 N–H and O–H groups in total. The third-order valence-electron chi connectivity index (χ3n) is 3.22. The van der Waals surface area contributed by atoms with Crippen LogP contribution in [0.1, 0.15) is 18.1 Å². The van der Waals surface area contributed by atoms with Crippen LogP contribution in [0.3, 0.4) is 0 Å². The monoisotopic (exact) mass is 236 g/mol. The molecule has 0 aliphatic heterocycles. The van der Waals surface area contributed by atoms with Crippen LogP contribution in [0, 0.1) is 6.92 Å². The molecule has 1 aromatic carbocycles. The van der Waals surface area contributed by atoms with E-state index < -0.39 is 0 Å². The van der Waals surface area contributed by atoms with Gasteiger partial charge < -0.3 is 15.4 Å². The summed E-state index contributed by atoms with van der Waals surface area (Å²) in [7, 11) is 3.83. The van der Waals surface area contributed by atoms with Gasteiger partial charge in [-0.3, -0.25) is 0 Å². The summed E-state index contributed by atoms with van der Waals surface area (Å²) < 4.78 is 5.18. The Kier molecular flexibility index (Phi) is 5.45. The van der Waals surface area contributed by atoms with Gasteiger partial charge in [-0.05, 0) is 50.1 Å². The van der Waals surface area contributed by atoms with Crippen LogP contribution in [0.4, 0.5) is 5.69 Å². The average Bonchev–Trinajstić information content (AvgIpc) is 2.31. The number of aryl methyl sites for hydroxylation is 1. The lowest BCUT2D eigenvalue weighted by molar-refractivity contribution is 0.183. The summed E-state index contributed by atoms with van der Waals surface area (Å²) in [6.07, 6.45) is 0.948. The summed E-state index contributed by atoms with van der Waals surface area (Å²) in [6, 6.07) is 6.93. The van der Waals surface area contributed by atoms with Crippen molar-refractivity contribution in [2.75, 3.05) is 32.2 Å². The first kappa shape index (κ1) is 14.0. The average molecular weight is 236 g/mol. The van der Waals surface area contributed by atoms with Gasteiger partial charge in [0.05, 0.1) is 6.61 Å². The highest BCUT2D eigenvalue weighted by Gasteiger charge is 2.10. The Balaban J connectivity index is 2.81. The van der Waals surface area contributed by atoms with Crippen LogP contribution in [-0.2, 0) is 11.2 Å². The maximum Gasteiger partial charge on any atom is 0.0663 e. The molecule has 0 aromatic heterocycles. The molecule has 1 unspecified atom stereocenters. The highest BCUT2D eigenvalue weighted by atomic mass is 16.5. The molecule has 0 aliphatic carbocycles. The van der Waals surface area contributed by atoms with Crippen molar-refractivity contribution in [1.29, 1.82) is 0 Å². The Bertz CT molecular complexity index is 352.